The van der Waals surface area contributed by atoms with E-state index in [0.29, 0.717) is 0 Å². The Morgan fingerprint density at radius 3 is 2.09 bits per heavy atom. The fraction of sp³-hybridized carbons (Fsp3) is 1.00. The summed E-state index contributed by atoms with van der Waals surface area (Å²) in [6, 6.07) is 0.878. The Balaban J connectivity index is 0.000000281. The predicted molar refractivity (Wildman–Crippen MR) is 49.6 cm³/mol. The molecule has 0 radical (unpaired) electrons. The molecule has 66 valence electrons. The lowest BCUT2D eigenvalue weighted by Crippen LogP contribution is -2.30. The molecule has 0 aliphatic heterocycles. The third-order valence-corrected chi connectivity index (χ3v) is 3.11. The second kappa shape index (κ2) is 4.10. The molecule has 1 heteroatoms. The van der Waals surface area contributed by atoms with Crippen molar-refractivity contribution < 1.29 is 0 Å². The highest BCUT2D eigenvalue weighted by Gasteiger charge is 2.38. The topological polar surface area (TPSA) is 12.0 Å². The molecule has 2 aliphatic carbocycles. The number of hydrogen-bond acceptors (Lipinski definition) is 1. The van der Waals surface area contributed by atoms with Crippen molar-refractivity contribution in [3.8, 4) is 0 Å². The smallest absolute Gasteiger partial charge is 0.00950 e. The van der Waals surface area contributed by atoms with Gasteiger partial charge in [-0.15, -0.1) is 0 Å². The molecule has 2 bridgehead atoms. The van der Waals surface area contributed by atoms with Gasteiger partial charge in [0.2, 0.25) is 0 Å². The average Bonchev–Trinajstić information content (AvgIpc) is 2.67. The van der Waals surface area contributed by atoms with Gasteiger partial charge in [-0.25, -0.2) is 0 Å². The monoisotopic (exact) mass is 155 g/mol. The Kier molecular flexibility index (Phi) is 3.38. The fourth-order valence-electron chi connectivity index (χ4n) is 2.60. The molecule has 2 saturated carbocycles. The van der Waals surface area contributed by atoms with Gasteiger partial charge in [0, 0.05) is 6.04 Å². The molecular weight excluding hydrogens is 134 g/mol. The van der Waals surface area contributed by atoms with Crippen LogP contribution in [0.15, 0.2) is 0 Å². The van der Waals surface area contributed by atoms with Gasteiger partial charge in [0.1, 0.15) is 0 Å². The minimum Gasteiger partial charge on any atom is -0.317 e. The molecule has 0 heterocycles. The molecule has 2 fully saturated rings. The first-order valence-corrected chi connectivity index (χ1v) is 5.07. The zero-order chi connectivity index (χ0) is 8.27. The summed E-state index contributed by atoms with van der Waals surface area (Å²) in [4.78, 5) is 0. The first kappa shape index (κ1) is 9.05. The van der Waals surface area contributed by atoms with Crippen LogP contribution in [0.5, 0.6) is 0 Å². The van der Waals surface area contributed by atoms with Gasteiger partial charge in [0.05, 0.1) is 0 Å². The second-order valence-electron chi connectivity index (χ2n) is 3.57. The van der Waals surface area contributed by atoms with Crippen molar-refractivity contribution in [1.82, 2.24) is 5.32 Å². The van der Waals surface area contributed by atoms with Crippen LogP contribution in [0.4, 0.5) is 0 Å². The molecule has 3 atom stereocenters. The number of nitrogens with one attached hydrogen (secondary N) is 1. The Labute approximate surface area is 70.6 Å². The van der Waals surface area contributed by atoms with Crippen LogP contribution in [-0.4, -0.2) is 13.1 Å². The van der Waals surface area contributed by atoms with Crippen LogP contribution in [0, 0.1) is 11.8 Å². The van der Waals surface area contributed by atoms with Gasteiger partial charge in [-0.3, -0.25) is 0 Å². The van der Waals surface area contributed by atoms with Crippen LogP contribution >= 0.6 is 0 Å². The highest BCUT2D eigenvalue weighted by atomic mass is 14.9. The van der Waals surface area contributed by atoms with Crippen LogP contribution in [0.1, 0.15) is 39.5 Å². The maximum absolute atomic E-state index is 3.40. The van der Waals surface area contributed by atoms with E-state index in [4.69, 9.17) is 0 Å². The van der Waals surface area contributed by atoms with Crippen LogP contribution < -0.4 is 5.32 Å². The van der Waals surface area contributed by atoms with Crippen molar-refractivity contribution in [2.75, 3.05) is 7.05 Å². The van der Waals surface area contributed by atoms with Gasteiger partial charge in [-0.2, -0.15) is 0 Å². The molecule has 0 saturated heterocycles. The Morgan fingerprint density at radius 2 is 1.82 bits per heavy atom. The van der Waals surface area contributed by atoms with E-state index in [9.17, 15) is 0 Å². The highest BCUT2D eigenvalue weighted by Crippen LogP contribution is 2.44. The summed E-state index contributed by atoms with van der Waals surface area (Å²) in [5.41, 5.74) is 0. The summed E-state index contributed by atoms with van der Waals surface area (Å²) < 4.78 is 0. The summed E-state index contributed by atoms with van der Waals surface area (Å²) in [5.74, 6) is 2.13. The van der Waals surface area contributed by atoms with Crippen molar-refractivity contribution in [1.29, 1.82) is 0 Å². The maximum Gasteiger partial charge on any atom is 0.00950 e. The van der Waals surface area contributed by atoms with Crippen molar-refractivity contribution >= 4 is 0 Å². The first-order valence-electron chi connectivity index (χ1n) is 5.07. The van der Waals surface area contributed by atoms with Crippen LogP contribution in [0.25, 0.3) is 0 Å². The molecular formula is C10H21N. The first-order chi connectivity index (χ1) is 5.40. The van der Waals surface area contributed by atoms with E-state index in [1.165, 1.54) is 25.7 Å². The van der Waals surface area contributed by atoms with E-state index in [0.717, 1.165) is 17.9 Å². The molecule has 2 aliphatic rings. The minimum atomic E-state index is 0.878. The third-order valence-electron chi connectivity index (χ3n) is 3.11. The van der Waals surface area contributed by atoms with Gasteiger partial charge >= 0.3 is 0 Å². The molecule has 0 aromatic heterocycles. The van der Waals surface area contributed by atoms with E-state index in [1.807, 2.05) is 13.8 Å². The summed E-state index contributed by atoms with van der Waals surface area (Å²) in [5, 5.41) is 3.40. The standard InChI is InChI=1S/C8H15N.C2H6/c1-9-8-5-6-2-3-7(8)4-6;1-2/h6-9H,2-5H2,1H3;1-2H3. The number of hydrogen-bond donors (Lipinski definition) is 1. The molecule has 11 heavy (non-hydrogen) atoms. The molecule has 0 aromatic carbocycles. The van der Waals surface area contributed by atoms with Crippen molar-refractivity contribution in [2.24, 2.45) is 11.8 Å². The summed E-state index contributed by atoms with van der Waals surface area (Å²) >= 11 is 0. The predicted octanol–water partition coefficient (Wildman–Crippen LogP) is 2.42. The van der Waals surface area contributed by atoms with E-state index in [1.54, 1.807) is 0 Å². The van der Waals surface area contributed by atoms with Gasteiger partial charge in [0.25, 0.3) is 0 Å². The lowest BCUT2D eigenvalue weighted by molar-refractivity contribution is 0.372. The SMILES string of the molecule is CC.CNC1CC2CCC1C2. The minimum absolute atomic E-state index is 0.878. The lowest BCUT2D eigenvalue weighted by atomic mass is 9.96. The van der Waals surface area contributed by atoms with Gasteiger partial charge < -0.3 is 5.32 Å². The quantitative estimate of drug-likeness (QED) is 0.613. The molecule has 0 amide bonds. The van der Waals surface area contributed by atoms with Crippen molar-refractivity contribution in [3.63, 3.8) is 0 Å². The van der Waals surface area contributed by atoms with Crippen LogP contribution in [0.3, 0.4) is 0 Å². The zero-order valence-corrected chi connectivity index (χ0v) is 8.06. The molecule has 2 rings (SSSR count). The average molecular weight is 155 g/mol. The Morgan fingerprint density at radius 1 is 1.09 bits per heavy atom. The largest absolute Gasteiger partial charge is 0.317 e. The molecule has 1 N–H and O–H groups in total. The molecule has 0 aromatic rings. The van der Waals surface area contributed by atoms with Crippen LogP contribution in [0.2, 0.25) is 0 Å². The summed E-state index contributed by atoms with van der Waals surface area (Å²) in [6.07, 6.45) is 5.99. The third kappa shape index (κ3) is 1.76. The van der Waals surface area contributed by atoms with Gasteiger partial charge in [-0.05, 0) is 38.1 Å². The summed E-state index contributed by atoms with van der Waals surface area (Å²) in [7, 11) is 2.10. The molecule has 3 unspecified atom stereocenters. The molecule has 1 nitrogen and oxygen atoms in total. The highest BCUT2D eigenvalue weighted by molar-refractivity contribution is 4.93. The van der Waals surface area contributed by atoms with E-state index in [2.05, 4.69) is 12.4 Å². The fourth-order valence-corrected chi connectivity index (χ4v) is 2.60. The second-order valence-corrected chi connectivity index (χ2v) is 3.57. The lowest BCUT2D eigenvalue weighted by Gasteiger charge is -2.20. The zero-order valence-electron chi connectivity index (χ0n) is 8.06. The molecule has 0 spiro atoms. The van der Waals surface area contributed by atoms with Gasteiger partial charge in [0.15, 0.2) is 0 Å². The Hall–Kier alpha value is -0.0400. The number of rotatable bonds is 1. The maximum atomic E-state index is 3.40. The van der Waals surface area contributed by atoms with E-state index < -0.39 is 0 Å². The van der Waals surface area contributed by atoms with Gasteiger partial charge in [-0.1, -0.05) is 20.3 Å². The van der Waals surface area contributed by atoms with E-state index >= 15 is 0 Å². The Bertz CT molecular complexity index is 111. The van der Waals surface area contributed by atoms with Crippen molar-refractivity contribution in [3.05, 3.63) is 0 Å². The van der Waals surface area contributed by atoms with E-state index in [-0.39, 0.29) is 0 Å². The van der Waals surface area contributed by atoms with Crippen LogP contribution in [-0.2, 0) is 0 Å². The summed E-state index contributed by atoms with van der Waals surface area (Å²) in [6.45, 7) is 4.00. The normalized spacial score (nSPS) is 40.1. The van der Waals surface area contributed by atoms with Crippen molar-refractivity contribution in [2.45, 2.75) is 45.6 Å². The number of fused-ring (bicyclic) bond motifs is 2.